The third kappa shape index (κ3) is 5.33. The van der Waals surface area contributed by atoms with E-state index in [0.717, 1.165) is 5.56 Å². The highest BCUT2D eigenvalue weighted by atomic mass is 16.6. The molecule has 1 amide bonds. The van der Waals surface area contributed by atoms with Gasteiger partial charge in [-0.2, -0.15) is 0 Å². The van der Waals surface area contributed by atoms with Crippen molar-refractivity contribution in [3.05, 3.63) is 35.9 Å². The Morgan fingerprint density at radius 2 is 2.06 bits per heavy atom. The zero-order valence-corrected chi connectivity index (χ0v) is 9.97. The number of nitrogens with one attached hydrogen (secondary N) is 1. The zero-order valence-electron chi connectivity index (χ0n) is 9.97. The second-order valence-electron chi connectivity index (χ2n) is 3.79. The Balaban J connectivity index is 2.27. The fourth-order valence-corrected chi connectivity index (χ4v) is 1.08. The maximum Gasteiger partial charge on any atom is 0.407 e. The lowest BCUT2D eigenvalue weighted by Gasteiger charge is -2.21. The molecule has 1 rings (SSSR count). The minimum atomic E-state index is -1.38. The number of hydrogen-bond donors (Lipinski definition) is 2. The van der Waals surface area contributed by atoms with Gasteiger partial charge in [-0.25, -0.2) is 4.79 Å². The lowest BCUT2D eigenvalue weighted by molar-refractivity contribution is -0.165. The van der Waals surface area contributed by atoms with Gasteiger partial charge in [-0.15, -0.1) is 0 Å². The molecule has 0 radical (unpaired) electrons. The SMILES string of the molecule is COC(C)(O)CNC(=O)OCc1ccccc1. The van der Waals surface area contributed by atoms with Gasteiger partial charge in [-0.1, -0.05) is 30.3 Å². The summed E-state index contributed by atoms with van der Waals surface area (Å²) in [5.41, 5.74) is 0.904. The maximum absolute atomic E-state index is 11.3. The van der Waals surface area contributed by atoms with Gasteiger partial charge in [0.15, 0.2) is 5.79 Å². The molecular formula is C12H17NO4. The van der Waals surface area contributed by atoms with Gasteiger partial charge in [0, 0.05) is 7.11 Å². The summed E-state index contributed by atoms with van der Waals surface area (Å²) in [7, 11) is 1.36. The van der Waals surface area contributed by atoms with Gasteiger partial charge in [0.2, 0.25) is 0 Å². The van der Waals surface area contributed by atoms with E-state index in [1.54, 1.807) is 0 Å². The van der Waals surface area contributed by atoms with Gasteiger partial charge >= 0.3 is 6.09 Å². The predicted octanol–water partition coefficient (Wildman–Crippen LogP) is 1.27. The first-order valence-electron chi connectivity index (χ1n) is 5.25. The lowest BCUT2D eigenvalue weighted by Crippen LogP contribution is -2.42. The van der Waals surface area contributed by atoms with E-state index in [1.165, 1.54) is 14.0 Å². The highest BCUT2D eigenvalue weighted by Crippen LogP contribution is 2.02. The lowest BCUT2D eigenvalue weighted by atomic mass is 10.2. The van der Waals surface area contributed by atoms with Crippen LogP contribution in [0.1, 0.15) is 12.5 Å². The number of rotatable bonds is 5. The minimum Gasteiger partial charge on any atom is -0.445 e. The van der Waals surface area contributed by atoms with Gasteiger partial charge in [-0.05, 0) is 12.5 Å². The van der Waals surface area contributed by atoms with Crippen molar-refractivity contribution in [3.63, 3.8) is 0 Å². The Hall–Kier alpha value is -1.59. The molecule has 0 saturated carbocycles. The first-order valence-corrected chi connectivity index (χ1v) is 5.25. The topological polar surface area (TPSA) is 67.8 Å². The molecule has 0 aliphatic carbocycles. The highest BCUT2D eigenvalue weighted by Gasteiger charge is 2.19. The summed E-state index contributed by atoms with van der Waals surface area (Å²) in [4.78, 5) is 11.3. The van der Waals surface area contributed by atoms with E-state index in [0.29, 0.717) is 0 Å². The van der Waals surface area contributed by atoms with E-state index in [2.05, 4.69) is 5.32 Å². The van der Waals surface area contributed by atoms with Gasteiger partial charge < -0.3 is 19.9 Å². The minimum absolute atomic E-state index is 0.0306. The Kier molecular flexibility index (Phi) is 4.93. The molecule has 0 aromatic heterocycles. The third-order valence-corrected chi connectivity index (χ3v) is 2.21. The van der Waals surface area contributed by atoms with E-state index in [1.807, 2.05) is 30.3 Å². The van der Waals surface area contributed by atoms with Gasteiger partial charge in [-0.3, -0.25) is 0 Å². The summed E-state index contributed by atoms with van der Waals surface area (Å²) in [5, 5.41) is 11.9. The van der Waals surface area contributed by atoms with Crippen molar-refractivity contribution in [1.82, 2.24) is 5.32 Å². The highest BCUT2D eigenvalue weighted by molar-refractivity contribution is 5.67. The molecule has 1 unspecified atom stereocenters. The Bertz CT molecular complexity index is 351. The standard InChI is InChI=1S/C12H17NO4/c1-12(15,16-2)9-13-11(14)17-8-10-6-4-3-5-7-10/h3-7,15H,8-9H2,1-2H3,(H,13,14). The average Bonchev–Trinajstić information content (AvgIpc) is 2.35. The van der Waals surface area contributed by atoms with E-state index >= 15 is 0 Å². The molecule has 0 spiro atoms. The molecule has 1 aromatic carbocycles. The van der Waals surface area contributed by atoms with Gasteiger partial charge in [0.05, 0.1) is 6.54 Å². The number of amides is 1. The fraction of sp³-hybridized carbons (Fsp3) is 0.417. The van der Waals surface area contributed by atoms with Crippen LogP contribution in [-0.4, -0.2) is 30.6 Å². The molecule has 1 aromatic rings. The molecule has 94 valence electrons. The van der Waals surface area contributed by atoms with Crippen LogP contribution in [0, 0.1) is 0 Å². The van der Waals surface area contributed by atoms with Crippen molar-refractivity contribution in [2.75, 3.05) is 13.7 Å². The number of carbonyl (C=O) groups is 1. The molecule has 5 nitrogen and oxygen atoms in total. The molecular weight excluding hydrogens is 222 g/mol. The van der Waals surface area contributed by atoms with E-state index in [9.17, 15) is 9.90 Å². The average molecular weight is 239 g/mol. The number of benzene rings is 1. The Labute approximate surface area is 100 Å². The summed E-state index contributed by atoms with van der Waals surface area (Å²) < 4.78 is 9.69. The summed E-state index contributed by atoms with van der Waals surface area (Å²) in [6.07, 6.45) is -0.592. The summed E-state index contributed by atoms with van der Waals surface area (Å²) >= 11 is 0. The van der Waals surface area contributed by atoms with E-state index < -0.39 is 11.9 Å². The smallest absolute Gasteiger partial charge is 0.407 e. The van der Waals surface area contributed by atoms with Crippen LogP contribution in [-0.2, 0) is 16.1 Å². The summed E-state index contributed by atoms with van der Waals surface area (Å²) in [6.45, 7) is 1.61. The molecule has 17 heavy (non-hydrogen) atoms. The zero-order chi connectivity index (χ0) is 12.7. The number of aliphatic hydroxyl groups is 1. The number of methoxy groups -OCH3 is 1. The second-order valence-corrected chi connectivity index (χ2v) is 3.79. The van der Waals surface area contributed by atoms with E-state index in [4.69, 9.17) is 9.47 Å². The van der Waals surface area contributed by atoms with Crippen LogP contribution in [0.15, 0.2) is 30.3 Å². The maximum atomic E-state index is 11.3. The van der Waals surface area contributed by atoms with Crippen molar-refractivity contribution >= 4 is 6.09 Å². The van der Waals surface area contributed by atoms with Gasteiger partial charge in [0.25, 0.3) is 0 Å². The molecule has 0 aliphatic heterocycles. The normalized spacial score (nSPS) is 13.8. The Morgan fingerprint density at radius 1 is 1.41 bits per heavy atom. The molecule has 0 fully saturated rings. The van der Waals surface area contributed by atoms with Crippen LogP contribution >= 0.6 is 0 Å². The number of ether oxygens (including phenoxy) is 2. The molecule has 0 saturated heterocycles. The predicted molar refractivity (Wildman–Crippen MR) is 62.3 cm³/mol. The first kappa shape index (κ1) is 13.5. The van der Waals surface area contributed by atoms with Gasteiger partial charge in [0.1, 0.15) is 6.61 Å². The number of carbonyl (C=O) groups excluding carboxylic acids is 1. The van der Waals surface area contributed by atoms with Crippen LogP contribution in [0.2, 0.25) is 0 Å². The third-order valence-electron chi connectivity index (χ3n) is 2.21. The van der Waals surface area contributed by atoms with Crippen LogP contribution in [0.4, 0.5) is 4.79 Å². The number of alkyl carbamates (subject to hydrolysis) is 1. The second kappa shape index (κ2) is 6.22. The molecule has 1 atom stereocenters. The molecule has 5 heteroatoms. The number of hydrogen-bond acceptors (Lipinski definition) is 4. The van der Waals surface area contributed by atoms with Crippen molar-refractivity contribution in [1.29, 1.82) is 0 Å². The van der Waals surface area contributed by atoms with E-state index in [-0.39, 0.29) is 13.2 Å². The fourth-order valence-electron chi connectivity index (χ4n) is 1.08. The van der Waals surface area contributed by atoms with Crippen LogP contribution in [0.3, 0.4) is 0 Å². The van der Waals surface area contributed by atoms with Crippen LogP contribution in [0.25, 0.3) is 0 Å². The molecule has 0 aliphatic rings. The Morgan fingerprint density at radius 3 is 2.65 bits per heavy atom. The quantitative estimate of drug-likeness (QED) is 0.759. The largest absolute Gasteiger partial charge is 0.445 e. The van der Waals surface area contributed by atoms with Crippen molar-refractivity contribution in [2.24, 2.45) is 0 Å². The molecule has 0 heterocycles. The van der Waals surface area contributed by atoms with Crippen molar-refractivity contribution in [2.45, 2.75) is 19.3 Å². The van der Waals surface area contributed by atoms with Crippen LogP contribution in [0.5, 0.6) is 0 Å². The molecule has 0 bridgehead atoms. The molecule has 2 N–H and O–H groups in total. The summed E-state index contributed by atoms with van der Waals surface area (Å²) in [5.74, 6) is -1.38. The van der Waals surface area contributed by atoms with Crippen molar-refractivity contribution in [3.8, 4) is 0 Å². The summed E-state index contributed by atoms with van der Waals surface area (Å²) in [6, 6.07) is 9.34. The van der Waals surface area contributed by atoms with Crippen molar-refractivity contribution < 1.29 is 19.4 Å². The van der Waals surface area contributed by atoms with Crippen LogP contribution < -0.4 is 5.32 Å². The first-order chi connectivity index (χ1) is 8.03. The monoisotopic (exact) mass is 239 g/mol.